The molecule has 1 aliphatic carbocycles. The van der Waals surface area contributed by atoms with Gasteiger partial charge in [0.1, 0.15) is 0 Å². The summed E-state index contributed by atoms with van der Waals surface area (Å²) in [6, 6.07) is 13.4. The van der Waals surface area contributed by atoms with Crippen LogP contribution in [0.15, 0.2) is 36.4 Å². The predicted molar refractivity (Wildman–Crippen MR) is 117 cm³/mol. The zero-order valence-electron chi connectivity index (χ0n) is 17.4. The predicted octanol–water partition coefficient (Wildman–Crippen LogP) is 3.71. The second-order valence-corrected chi connectivity index (χ2v) is 8.69. The third-order valence-electron chi connectivity index (χ3n) is 6.62. The van der Waals surface area contributed by atoms with Gasteiger partial charge in [0, 0.05) is 59.4 Å². The van der Waals surface area contributed by atoms with Crippen molar-refractivity contribution in [1.82, 2.24) is 9.88 Å². The Hall–Kier alpha value is -3.79. The van der Waals surface area contributed by atoms with Gasteiger partial charge in [-0.15, -0.1) is 0 Å². The first-order chi connectivity index (χ1) is 14.8. The molecule has 3 aromatic rings. The van der Waals surface area contributed by atoms with E-state index in [2.05, 4.69) is 35.9 Å². The lowest BCUT2D eigenvalue weighted by Gasteiger charge is -2.37. The Labute approximate surface area is 179 Å². The Morgan fingerprint density at radius 3 is 2.55 bits per heavy atom. The number of nitrogens with one attached hydrogen (secondary N) is 1. The highest BCUT2D eigenvalue weighted by atomic mass is 16.4. The highest BCUT2D eigenvalue weighted by molar-refractivity contribution is 6.20. The van der Waals surface area contributed by atoms with Crippen LogP contribution in [-0.4, -0.2) is 53.0 Å². The number of amides is 1. The van der Waals surface area contributed by atoms with Gasteiger partial charge in [0.2, 0.25) is 0 Å². The normalized spacial score (nSPS) is 17.3. The zero-order chi connectivity index (χ0) is 21.9. The molecule has 7 heteroatoms. The van der Waals surface area contributed by atoms with Crippen LogP contribution in [0.25, 0.3) is 10.9 Å². The topological polar surface area (TPSA) is 100 Å². The minimum absolute atomic E-state index is 0.0115. The molecule has 156 valence electrons. The molecule has 0 saturated carbocycles. The number of ketones is 1. The largest absolute Gasteiger partial charge is 0.465 e. The van der Waals surface area contributed by atoms with Crippen LogP contribution < -0.4 is 4.90 Å². The third-order valence-corrected chi connectivity index (χ3v) is 6.62. The van der Waals surface area contributed by atoms with E-state index in [1.54, 1.807) is 12.1 Å². The first kappa shape index (κ1) is 19.2. The number of anilines is 1. The Morgan fingerprint density at radius 2 is 1.87 bits per heavy atom. The number of carbonyl (C=O) groups excluding carboxylic acids is 1. The van der Waals surface area contributed by atoms with Crippen LogP contribution in [0, 0.1) is 11.3 Å². The molecule has 5 rings (SSSR count). The number of piperazine rings is 1. The van der Waals surface area contributed by atoms with E-state index in [9.17, 15) is 20.0 Å². The third kappa shape index (κ3) is 2.79. The van der Waals surface area contributed by atoms with Crippen molar-refractivity contribution in [3.05, 3.63) is 64.3 Å². The molecule has 1 aromatic heterocycles. The maximum absolute atomic E-state index is 13.5. The quantitative estimate of drug-likeness (QED) is 0.632. The molecular weight excluding hydrogens is 392 g/mol. The zero-order valence-corrected chi connectivity index (χ0v) is 17.4. The Kier molecular flexibility index (Phi) is 4.09. The summed E-state index contributed by atoms with van der Waals surface area (Å²) in [5, 5.41) is 19.3. The van der Waals surface area contributed by atoms with Crippen LogP contribution >= 0.6 is 0 Å². The summed E-state index contributed by atoms with van der Waals surface area (Å²) in [5.41, 5.74) is 5.10. The Balaban J connectivity index is 1.57. The number of nitrogens with zero attached hydrogens (tertiary/aromatic N) is 3. The molecule has 0 unspecified atom stereocenters. The van der Waals surface area contributed by atoms with Crippen molar-refractivity contribution in [1.29, 1.82) is 5.26 Å². The average molecular weight is 414 g/mol. The van der Waals surface area contributed by atoms with E-state index in [1.807, 2.05) is 18.2 Å². The van der Waals surface area contributed by atoms with Gasteiger partial charge in [-0.05, 0) is 35.9 Å². The van der Waals surface area contributed by atoms with E-state index < -0.39 is 11.5 Å². The molecule has 31 heavy (non-hydrogen) atoms. The highest BCUT2D eigenvalue weighted by Crippen LogP contribution is 2.44. The lowest BCUT2D eigenvalue weighted by molar-refractivity contribution is 0.103. The van der Waals surface area contributed by atoms with Crippen molar-refractivity contribution < 1.29 is 14.7 Å². The number of rotatable bonds is 1. The molecule has 0 radical (unpaired) electrons. The first-order valence-electron chi connectivity index (χ1n) is 10.3. The number of hydrogen-bond donors (Lipinski definition) is 2. The van der Waals surface area contributed by atoms with Crippen LogP contribution in [0.5, 0.6) is 0 Å². The van der Waals surface area contributed by atoms with Crippen LogP contribution in [0.1, 0.15) is 46.6 Å². The summed E-state index contributed by atoms with van der Waals surface area (Å²) in [5.74, 6) is -0.0115. The molecule has 2 N–H and O–H groups in total. The maximum atomic E-state index is 13.5. The number of fused-ring (bicyclic) bond motifs is 4. The number of carboxylic acid groups (broad SMARTS) is 1. The highest BCUT2D eigenvalue weighted by Gasteiger charge is 2.40. The van der Waals surface area contributed by atoms with E-state index in [0.29, 0.717) is 42.9 Å². The van der Waals surface area contributed by atoms with Crippen molar-refractivity contribution in [3.63, 3.8) is 0 Å². The maximum Gasteiger partial charge on any atom is 0.407 e. The molecule has 1 saturated heterocycles. The molecule has 1 fully saturated rings. The Morgan fingerprint density at radius 1 is 1.13 bits per heavy atom. The van der Waals surface area contributed by atoms with Gasteiger partial charge in [-0.25, -0.2) is 4.79 Å². The second-order valence-electron chi connectivity index (χ2n) is 8.69. The van der Waals surface area contributed by atoms with Crippen LogP contribution in [0.2, 0.25) is 0 Å². The fraction of sp³-hybridized carbons (Fsp3) is 0.292. The fourth-order valence-corrected chi connectivity index (χ4v) is 4.84. The number of aromatic amines is 1. The summed E-state index contributed by atoms with van der Waals surface area (Å²) in [4.78, 5) is 31.7. The summed E-state index contributed by atoms with van der Waals surface area (Å²) in [7, 11) is 0. The molecule has 0 spiro atoms. The minimum Gasteiger partial charge on any atom is -0.465 e. The number of aromatic nitrogens is 1. The van der Waals surface area contributed by atoms with E-state index in [4.69, 9.17) is 0 Å². The smallest absolute Gasteiger partial charge is 0.407 e. The average Bonchev–Trinajstić information content (AvgIpc) is 3.17. The summed E-state index contributed by atoms with van der Waals surface area (Å²) >= 11 is 0. The number of H-pyrrole nitrogens is 1. The molecule has 2 aromatic carbocycles. The Bertz CT molecular complexity index is 1290. The summed E-state index contributed by atoms with van der Waals surface area (Å²) in [6.07, 6.45) is -0.886. The fourth-order valence-electron chi connectivity index (χ4n) is 4.84. The molecule has 1 aliphatic heterocycles. The van der Waals surface area contributed by atoms with Gasteiger partial charge < -0.3 is 19.9 Å². The lowest BCUT2D eigenvalue weighted by Crippen LogP contribution is -2.48. The van der Waals surface area contributed by atoms with Gasteiger partial charge in [0.15, 0.2) is 5.78 Å². The van der Waals surface area contributed by atoms with Gasteiger partial charge in [0.25, 0.3) is 0 Å². The minimum atomic E-state index is -0.886. The van der Waals surface area contributed by atoms with Gasteiger partial charge in [-0.3, -0.25) is 4.79 Å². The van der Waals surface area contributed by atoms with Crippen molar-refractivity contribution in [2.75, 3.05) is 31.1 Å². The van der Waals surface area contributed by atoms with Gasteiger partial charge in [0.05, 0.1) is 17.2 Å². The molecule has 1 amide bonds. The molecular formula is C24H22N4O3. The molecule has 7 nitrogen and oxygen atoms in total. The number of carbonyl (C=O) groups is 2. The van der Waals surface area contributed by atoms with E-state index in [0.717, 1.165) is 27.8 Å². The van der Waals surface area contributed by atoms with Crippen molar-refractivity contribution in [3.8, 4) is 6.07 Å². The molecule has 0 atom stereocenters. The van der Waals surface area contributed by atoms with Gasteiger partial charge in [-0.1, -0.05) is 19.9 Å². The van der Waals surface area contributed by atoms with Crippen LogP contribution in [0.3, 0.4) is 0 Å². The molecule has 2 aliphatic rings. The van der Waals surface area contributed by atoms with Crippen molar-refractivity contribution in [2.45, 2.75) is 19.3 Å². The number of benzene rings is 2. The lowest BCUT2D eigenvalue weighted by atomic mass is 9.71. The number of hydrogen-bond acceptors (Lipinski definition) is 4. The van der Waals surface area contributed by atoms with Gasteiger partial charge >= 0.3 is 6.09 Å². The second kappa shape index (κ2) is 6.61. The molecule has 0 bridgehead atoms. The van der Waals surface area contributed by atoms with Crippen LogP contribution in [-0.2, 0) is 5.41 Å². The summed E-state index contributed by atoms with van der Waals surface area (Å²) in [6.45, 7) is 6.36. The van der Waals surface area contributed by atoms with E-state index in [-0.39, 0.29) is 5.78 Å². The first-order valence-corrected chi connectivity index (χ1v) is 10.3. The van der Waals surface area contributed by atoms with E-state index in [1.165, 1.54) is 4.90 Å². The summed E-state index contributed by atoms with van der Waals surface area (Å²) < 4.78 is 0. The standard InChI is InChI=1S/C24H22N4O3/c1-24(2)18-12-15(27-7-9-28(10-8-27)23(30)31)4-6-16(18)21(29)20-17-5-3-14(13-25)11-19(17)26-22(20)24/h3-6,11-12,26H,7-10H2,1-2H3,(H,30,31). The van der Waals surface area contributed by atoms with Gasteiger partial charge in [-0.2, -0.15) is 5.26 Å². The monoisotopic (exact) mass is 414 g/mol. The SMILES string of the molecule is CC1(C)c2cc(N3CCN(C(=O)O)CC3)ccc2C(=O)c2c1[nH]c1cc(C#N)ccc21. The van der Waals surface area contributed by atoms with Crippen molar-refractivity contribution in [2.24, 2.45) is 0 Å². The van der Waals surface area contributed by atoms with E-state index >= 15 is 0 Å². The molecule has 2 heterocycles. The number of nitriles is 1. The van der Waals surface area contributed by atoms with Crippen LogP contribution in [0.4, 0.5) is 10.5 Å². The van der Waals surface area contributed by atoms with Crippen molar-refractivity contribution >= 4 is 28.5 Å².